The minimum absolute atomic E-state index is 0.0894. The molecular formula is C13H17ClN4O2. The van der Waals surface area contributed by atoms with Crippen LogP contribution in [0.15, 0.2) is 4.79 Å². The lowest BCUT2D eigenvalue weighted by atomic mass is 9.94. The Balaban J connectivity index is 2.19. The van der Waals surface area contributed by atoms with Crippen LogP contribution in [0.25, 0.3) is 0 Å². The SMILES string of the molecule is CC(Cl)c1nc2c(c(=O)[nH]1)C1CCCCN1C(=O)N2C. The summed E-state index contributed by atoms with van der Waals surface area (Å²) in [5.74, 6) is 0.851. The maximum Gasteiger partial charge on any atom is 0.325 e. The van der Waals surface area contributed by atoms with E-state index in [2.05, 4.69) is 9.97 Å². The molecule has 1 aromatic rings. The van der Waals surface area contributed by atoms with Gasteiger partial charge in [-0.05, 0) is 26.2 Å². The lowest BCUT2D eigenvalue weighted by molar-refractivity contribution is 0.152. The largest absolute Gasteiger partial charge is 0.325 e. The highest BCUT2D eigenvalue weighted by molar-refractivity contribution is 6.20. The first kappa shape index (κ1) is 13.4. The minimum atomic E-state index is -0.402. The number of amides is 2. The fourth-order valence-electron chi connectivity index (χ4n) is 2.98. The van der Waals surface area contributed by atoms with Gasteiger partial charge in [0.1, 0.15) is 11.6 Å². The van der Waals surface area contributed by atoms with Crippen molar-refractivity contribution in [2.45, 2.75) is 37.6 Å². The van der Waals surface area contributed by atoms with Crippen molar-refractivity contribution < 1.29 is 4.79 Å². The van der Waals surface area contributed by atoms with Gasteiger partial charge in [0, 0.05) is 13.6 Å². The third-order valence-corrected chi connectivity index (χ3v) is 4.22. The van der Waals surface area contributed by atoms with Gasteiger partial charge < -0.3 is 9.88 Å². The van der Waals surface area contributed by atoms with Gasteiger partial charge in [-0.15, -0.1) is 11.6 Å². The number of nitrogens with zero attached hydrogens (tertiary/aromatic N) is 3. The molecule has 6 nitrogen and oxygen atoms in total. The molecule has 2 aliphatic rings. The molecule has 0 aliphatic carbocycles. The van der Waals surface area contributed by atoms with Gasteiger partial charge in [0.25, 0.3) is 5.56 Å². The average Bonchev–Trinajstić information content (AvgIpc) is 2.44. The number of aromatic nitrogens is 2. The molecule has 1 fully saturated rings. The number of alkyl halides is 1. The number of halogens is 1. The van der Waals surface area contributed by atoms with Crippen LogP contribution in [-0.2, 0) is 0 Å². The molecule has 2 aliphatic heterocycles. The second-order valence-electron chi connectivity index (χ2n) is 5.35. The van der Waals surface area contributed by atoms with Gasteiger partial charge in [-0.2, -0.15) is 0 Å². The van der Waals surface area contributed by atoms with Crippen molar-refractivity contribution in [3.8, 4) is 0 Å². The highest BCUT2D eigenvalue weighted by atomic mass is 35.5. The monoisotopic (exact) mass is 296 g/mol. The first-order valence-electron chi connectivity index (χ1n) is 6.83. The molecule has 1 saturated heterocycles. The Bertz CT molecular complexity index is 613. The van der Waals surface area contributed by atoms with Crippen LogP contribution in [0.1, 0.15) is 49.0 Å². The Morgan fingerprint density at radius 2 is 2.15 bits per heavy atom. The molecular weight excluding hydrogens is 280 g/mol. The molecule has 20 heavy (non-hydrogen) atoms. The normalized spacial score (nSPS) is 23.4. The highest BCUT2D eigenvalue weighted by Crippen LogP contribution is 2.38. The van der Waals surface area contributed by atoms with E-state index < -0.39 is 5.38 Å². The van der Waals surface area contributed by atoms with Crippen molar-refractivity contribution in [2.24, 2.45) is 0 Å². The van der Waals surface area contributed by atoms with E-state index in [4.69, 9.17) is 11.6 Å². The van der Waals surface area contributed by atoms with E-state index in [0.29, 0.717) is 23.8 Å². The molecule has 2 unspecified atom stereocenters. The zero-order valence-corrected chi connectivity index (χ0v) is 12.3. The van der Waals surface area contributed by atoms with Crippen molar-refractivity contribution in [3.63, 3.8) is 0 Å². The maximum absolute atomic E-state index is 12.4. The van der Waals surface area contributed by atoms with E-state index in [-0.39, 0.29) is 17.6 Å². The van der Waals surface area contributed by atoms with Gasteiger partial charge in [-0.3, -0.25) is 9.69 Å². The number of hydrogen-bond acceptors (Lipinski definition) is 3. The lowest BCUT2D eigenvalue weighted by Crippen LogP contribution is -2.52. The van der Waals surface area contributed by atoms with Crippen LogP contribution in [0.2, 0.25) is 0 Å². The number of anilines is 1. The van der Waals surface area contributed by atoms with Gasteiger partial charge in [0.2, 0.25) is 0 Å². The summed E-state index contributed by atoms with van der Waals surface area (Å²) in [5.41, 5.74) is 0.404. The number of carbonyl (C=O) groups excluding carboxylic acids is 1. The number of hydrogen-bond donors (Lipinski definition) is 1. The van der Waals surface area contributed by atoms with Crippen LogP contribution < -0.4 is 10.5 Å². The third-order valence-electron chi connectivity index (χ3n) is 4.02. The number of piperidine rings is 1. The molecule has 108 valence electrons. The Hall–Kier alpha value is -1.56. The van der Waals surface area contributed by atoms with Crippen molar-refractivity contribution >= 4 is 23.4 Å². The van der Waals surface area contributed by atoms with Crippen molar-refractivity contribution in [1.82, 2.24) is 14.9 Å². The molecule has 0 bridgehead atoms. The molecule has 0 aromatic carbocycles. The molecule has 2 amide bonds. The van der Waals surface area contributed by atoms with Crippen LogP contribution in [0, 0.1) is 0 Å². The average molecular weight is 297 g/mol. The number of fused-ring (bicyclic) bond motifs is 3. The Morgan fingerprint density at radius 3 is 2.85 bits per heavy atom. The Morgan fingerprint density at radius 1 is 1.40 bits per heavy atom. The van der Waals surface area contributed by atoms with Crippen molar-refractivity contribution in [3.05, 3.63) is 21.7 Å². The van der Waals surface area contributed by atoms with Crippen LogP contribution in [0.5, 0.6) is 0 Å². The summed E-state index contributed by atoms with van der Waals surface area (Å²) in [6.07, 6.45) is 2.81. The summed E-state index contributed by atoms with van der Waals surface area (Å²) in [6, 6.07) is -0.244. The maximum atomic E-state index is 12.4. The minimum Gasteiger partial charge on any atom is -0.317 e. The molecule has 1 aromatic heterocycles. The number of aromatic amines is 1. The number of H-pyrrole nitrogens is 1. The quantitative estimate of drug-likeness (QED) is 0.808. The molecule has 3 rings (SSSR count). The summed E-state index contributed by atoms with van der Waals surface area (Å²) in [4.78, 5) is 35.1. The molecule has 0 spiro atoms. The van der Waals surface area contributed by atoms with E-state index >= 15 is 0 Å². The van der Waals surface area contributed by atoms with Gasteiger partial charge in [0.05, 0.1) is 17.0 Å². The number of carbonyl (C=O) groups is 1. The summed E-state index contributed by atoms with van der Waals surface area (Å²) in [7, 11) is 1.65. The Kier molecular flexibility index (Phi) is 3.20. The van der Waals surface area contributed by atoms with E-state index in [0.717, 1.165) is 19.3 Å². The summed E-state index contributed by atoms with van der Waals surface area (Å²) in [5, 5.41) is -0.402. The van der Waals surface area contributed by atoms with E-state index in [1.54, 1.807) is 18.9 Å². The van der Waals surface area contributed by atoms with Crippen molar-refractivity contribution in [2.75, 3.05) is 18.5 Å². The van der Waals surface area contributed by atoms with Gasteiger partial charge in [0.15, 0.2) is 0 Å². The first-order valence-corrected chi connectivity index (χ1v) is 7.27. The third kappa shape index (κ3) is 1.90. The number of urea groups is 1. The lowest BCUT2D eigenvalue weighted by Gasteiger charge is -2.42. The van der Waals surface area contributed by atoms with Gasteiger partial charge in [-0.1, -0.05) is 0 Å². The molecule has 0 saturated carbocycles. The fraction of sp³-hybridized carbons (Fsp3) is 0.615. The van der Waals surface area contributed by atoms with Crippen LogP contribution in [-0.4, -0.2) is 34.5 Å². The topological polar surface area (TPSA) is 69.3 Å². The predicted octanol–water partition coefficient (Wildman–Crippen LogP) is 2.17. The number of rotatable bonds is 1. The first-order chi connectivity index (χ1) is 9.50. The van der Waals surface area contributed by atoms with E-state index in [1.165, 1.54) is 4.90 Å². The van der Waals surface area contributed by atoms with E-state index in [1.807, 2.05) is 0 Å². The molecule has 1 N–H and O–H groups in total. The van der Waals surface area contributed by atoms with Crippen molar-refractivity contribution in [1.29, 1.82) is 0 Å². The van der Waals surface area contributed by atoms with Crippen LogP contribution in [0.4, 0.5) is 10.6 Å². The molecule has 2 atom stereocenters. The van der Waals surface area contributed by atoms with Crippen LogP contribution in [0.3, 0.4) is 0 Å². The second kappa shape index (κ2) is 4.77. The van der Waals surface area contributed by atoms with Gasteiger partial charge in [-0.25, -0.2) is 9.78 Å². The second-order valence-corrected chi connectivity index (χ2v) is 6.01. The zero-order valence-electron chi connectivity index (χ0n) is 11.5. The van der Waals surface area contributed by atoms with Gasteiger partial charge >= 0.3 is 6.03 Å². The van der Waals surface area contributed by atoms with E-state index in [9.17, 15) is 9.59 Å². The number of nitrogens with one attached hydrogen (secondary N) is 1. The Labute approximate surface area is 121 Å². The fourth-order valence-corrected chi connectivity index (χ4v) is 3.08. The summed E-state index contributed by atoms with van der Waals surface area (Å²) >= 11 is 5.99. The van der Waals surface area contributed by atoms with Crippen LogP contribution >= 0.6 is 11.6 Å². The summed E-state index contributed by atoms with van der Waals surface area (Å²) in [6.45, 7) is 2.43. The molecule has 0 radical (unpaired) electrons. The highest BCUT2D eigenvalue weighted by Gasteiger charge is 2.40. The zero-order chi connectivity index (χ0) is 14.4. The standard InChI is InChI=1S/C13H17ClN4O2/c1-7(14)10-15-11-9(12(19)16-10)8-5-3-4-6-18(8)13(20)17(11)2/h7-8H,3-6H2,1-2H3,(H,15,16,19). The summed E-state index contributed by atoms with van der Waals surface area (Å²) < 4.78 is 0. The molecule has 7 heteroatoms. The smallest absolute Gasteiger partial charge is 0.317 e. The molecule has 3 heterocycles. The predicted molar refractivity (Wildman–Crippen MR) is 76.2 cm³/mol.